The fourth-order valence-electron chi connectivity index (χ4n) is 2.65. The summed E-state index contributed by atoms with van der Waals surface area (Å²) in [6.07, 6.45) is 5.98. The maximum atomic E-state index is 9.66. The normalized spacial score (nSPS) is 18.6. The molecule has 1 saturated carbocycles. The van der Waals surface area contributed by atoms with Gasteiger partial charge in [-0.2, -0.15) is 0 Å². The molecular weight excluding hydrogens is 292 g/mol. The van der Waals surface area contributed by atoms with Crippen molar-refractivity contribution in [2.24, 2.45) is 5.41 Å². The molecule has 0 aromatic heterocycles. The maximum absolute atomic E-state index is 9.66. The van der Waals surface area contributed by atoms with Gasteiger partial charge in [0.25, 0.3) is 0 Å². The monoisotopic (exact) mass is 312 g/mol. The number of halogens is 1. The van der Waals surface area contributed by atoms with Crippen LogP contribution in [0.2, 0.25) is 0 Å². The summed E-state index contributed by atoms with van der Waals surface area (Å²) in [7, 11) is 0. The minimum Gasteiger partial charge on any atom is -0.399 e. The molecule has 3 nitrogen and oxygen atoms in total. The Labute approximate surface area is 117 Å². The van der Waals surface area contributed by atoms with Crippen molar-refractivity contribution < 1.29 is 5.11 Å². The van der Waals surface area contributed by atoms with E-state index in [9.17, 15) is 5.11 Å². The Hall–Kier alpha value is -0.740. The molecule has 0 heterocycles. The smallest absolute Gasteiger partial charge is 0.0504 e. The van der Waals surface area contributed by atoms with Crippen LogP contribution in [0.5, 0.6) is 0 Å². The van der Waals surface area contributed by atoms with Crippen LogP contribution in [0.1, 0.15) is 32.1 Å². The lowest BCUT2D eigenvalue weighted by molar-refractivity contribution is 0.0944. The van der Waals surface area contributed by atoms with Crippen molar-refractivity contribution in [1.29, 1.82) is 0 Å². The van der Waals surface area contributed by atoms with Gasteiger partial charge in [-0.05, 0) is 47.0 Å². The Morgan fingerprint density at radius 1 is 1.28 bits per heavy atom. The zero-order chi connectivity index (χ0) is 13.0. The van der Waals surface area contributed by atoms with Crippen LogP contribution in [0, 0.1) is 5.41 Å². The second kappa shape index (κ2) is 5.93. The van der Waals surface area contributed by atoms with Crippen molar-refractivity contribution in [2.75, 3.05) is 24.2 Å². The van der Waals surface area contributed by atoms with E-state index in [0.29, 0.717) is 0 Å². The van der Waals surface area contributed by atoms with Crippen molar-refractivity contribution in [3.05, 3.63) is 22.7 Å². The van der Waals surface area contributed by atoms with Crippen molar-refractivity contribution in [2.45, 2.75) is 32.1 Å². The summed E-state index contributed by atoms with van der Waals surface area (Å²) >= 11 is 3.51. The summed E-state index contributed by atoms with van der Waals surface area (Å²) in [5, 5.41) is 13.1. The molecule has 0 unspecified atom stereocenters. The molecule has 4 heteroatoms. The second-order valence-electron chi connectivity index (χ2n) is 5.31. The zero-order valence-corrected chi connectivity index (χ0v) is 12.2. The Balaban J connectivity index is 2.01. The molecule has 1 aromatic carbocycles. The highest BCUT2D eigenvalue weighted by atomic mass is 79.9. The molecule has 0 spiro atoms. The van der Waals surface area contributed by atoms with E-state index < -0.39 is 0 Å². The average Bonchev–Trinajstić information content (AvgIpc) is 2.39. The number of hydrogen-bond acceptors (Lipinski definition) is 3. The zero-order valence-electron chi connectivity index (χ0n) is 10.6. The number of aliphatic hydroxyl groups is 1. The standard InChI is InChI=1S/C14H21BrN2O/c15-12-8-11(16)4-5-13(12)17-9-14(10-18)6-2-1-3-7-14/h4-5,8,17-18H,1-3,6-7,9-10,16H2. The molecule has 0 amide bonds. The lowest BCUT2D eigenvalue weighted by Gasteiger charge is -2.36. The summed E-state index contributed by atoms with van der Waals surface area (Å²) in [5.41, 5.74) is 7.57. The van der Waals surface area contributed by atoms with E-state index in [4.69, 9.17) is 5.73 Å². The SMILES string of the molecule is Nc1ccc(NCC2(CO)CCCCC2)c(Br)c1. The van der Waals surface area contributed by atoms with Gasteiger partial charge in [0, 0.05) is 27.8 Å². The van der Waals surface area contributed by atoms with Crippen LogP contribution in [0.3, 0.4) is 0 Å². The number of nitrogens with two attached hydrogens (primary N) is 1. The number of rotatable bonds is 4. The van der Waals surface area contributed by atoms with E-state index in [2.05, 4.69) is 21.2 Å². The van der Waals surface area contributed by atoms with E-state index in [-0.39, 0.29) is 12.0 Å². The van der Waals surface area contributed by atoms with Crippen LogP contribution in [0.25, 0.3) is 0 Å². The number of benzene rings is 1. The van der Waals surface area contributed by atoms with Gasteiger partial charge in [-0.15, -0.1) is 0 Å². The van der Waals surface area contributed by atoms with Crippen molar-refractivity contribution in [3.8, 4) is 0 Å². The molecule has 1 aliphatic rings. The van der Waals surface area contributed by atoms with E-state index in [1.54, 1.807) is 0 Å². The molecule has 1 fully saturated rings. The van der Waals surface area contributed by atoms with E-state index >= 15 is 0 Å². The minimum atomic E-state index is 0.0546. The Bertz CT molecular complexity index is 403. The lowest BCUT2D eigenvalue weighted by atomic mass is 9.74. The molecule has 4 N–H and O–H groups in total. The topological polar surface area (TPSA) is 58.3 Å². The summed E-state index contributed by atoms with van der Waals surface area (Å²) in [6.45, 7) is 1.10. The van der Waals surface area contributed by atoms with Crippen LogP contribution >= 0.6 is 15.9 Å². The van der Waals surface area contributed by atoms with Gasteiger partial charge < -0.3 is 16.2 Å². The van der Waals surface area contributed by atoms with Gasteiger partial charge in [0.05, 0.1) is 6.61 Å². The molecule has 1 aromatic rings. The van der Waals surface area contributed by atoms with Gasteiger partial charge in [-0.1, -0.05) is 19.3 Å². The molecule has 1 aliphatic carbocycles. The van der Waals surface area contributed by atoms with E-state index in [1.165, 1.54) is 19.3 Å². The molecule has 0 radical (unpaired) electrons. The second-order valence-corrected chi connectivity index (χ2v) is 6.17. The first kappa shape index (κ1) is 13.7. The molecule has 0 bridgehead atoms. The fraction of sp³-hybridized carbons (Fsp3) is 0.571. The first-order chi connectivity index (χ1) is 8.65. The number of hydrogen-bond donors (Lipinski definition) is 3. The largest absolute Gasteiger partial charge is 0.399 e. The Kier molecular flexibility index (Phi) is 4.51. The van der Waals surface area contributed by atoms with Crippen LogP contribution in [0.4, 0.5) is 11.4 Å². The van der Waals surface area contributed by atoms with Crippen LogP contribution < -0.4 is 11.1 Å². The third kappa shape index (κ3) is 3.18. The van der Waals surface area contributed by atoms with Gasteiger partial charge in [-0.25, -0.2) is 0 Å². The van der Waals surface area contributed by atoms with Crippen LogP contribution in [-0.2, 0) is 0 Å². The predicted molar refractivity (Wildman–Crippen MR) is 79.6 cm³/mol. The van der Waals surface area contributed by atoms with Gasteiger partial charge >= 0.3 is 0 Å². The predicted octanol–water partition coefficient (Wildman–Crippen LogP) is 3.39. The molecule has 2 rings (SSSR count). The van der Waals surface area contributed by atoms with Crippen molar-refractivity contribution >= 4 is 27.3 Å². The summed E-state index contributed by atoms with van der Waals surface area (Å²) < 4.78 is 0.978. The number of nitrogens with one attached hydrogen (secondary N) is 1. The molecular formula is C14H21BrN2O. The first-order valence-corrected chi connectivity index (χ1v) is 7.34. The first-order valence-electron chi connectivity index (χ1n) is 6.55. The van der Waals surface area contributed by atoms with Crippen molar-refractivity contribution in [1.82, 2.24) is 0 Å². The highest BCUT2D eigenvalue weighted by Gasteiger charge is 2.31. The summed E-state index contributed by atoms with van der Waals surface area (Å²) in [6, 6.07) is 5.77. The number of anilines is 2. The molecule has 100 valence electrons. The third-order valence-corrected chi connectivity index (χ3v) is 4.55. The van der Waals surface area contributed by atoms with Gasteiger partial charge in [0.15, 0.2) is 0 Å². The van der Waals surface area contributed by atoms with E-state index in [1.807, 2.05) is 18.2 Å². The van der Waals surface area contributed by atoms with Gasteiger partial charge in [0.2, 0.25) is 0 Å². The number of aliphatic hydroxyl groups excluding tert-OH is 1. The highest BCUT2D eigenvalue weighted by Crippen LogP contribution is 2.36. The van der Waals surface area contributed by atoms with Crippen LogP contribution in [-0.4, -0.2) is 18.3 Å². The Morgan fingerprint density at radius 3 is 2.61 bits per heavy atom. The van der Waals surface area contributed by atoms with Crippen LogP contribution in [0.15, 0.2) is 22.7 Å². The molecule has 0 aliphatic heterocycles. The van der Waals surface area contributed by atoms with Gasteiger partial charge in [-0.3, -0.25) is 0 Å². The van der Waals surface area contributed by atoms with Gasteiger partial charge in [0.1, 0.15) is 0 Å². The lowest BCUT2D eigenvalue weighted by Crippen LogP contribution is -2.35. The minimum absolute atomic E-state index is 0.0546. The maximum Gasteiger partial charge on any atom is 0.0504 e. The average molecular weight is 313 g/mol. The summed E-state index contributed by atoms with van der Waals surface area (Å²) in [5.74, 6) is 0. The quantitative estimate of drug-likeness (QED) is 0.747. The highest BCUT2D eigenvalue weighted by molar-refractivity contribution is 9.10. The number of nitrogen functional groups attached to an aromatic ring is 1. The summed E-state index contributed by atoms with van der Waals surface area (Å²) in [4.78, 5) is 0. The molecule has 0 saturated heterocycles. The fourth-order valence-corrected chi connectivity index (χ4v) is 3.19. The molecule has 0 atom stereocenters. The Morgan fingerprint density at radius 2 is 2.00 bits per heavy atom. The van der Waals surface area contributed by atoms with E-state index in [0.717, 1.165) is 35.2 Å². The third-order valence-electron chi connectivity index (χ3n) is 3.90. The molecule has 18 heavy (non-hydrogen) atoms. The van der Waals surface area contributed by atoms with Crippen molar-refractivity contribution in [3.63, 3.8) is 0 Å².